The number of alkyl halides is 1. The SMILES string of the molecule is Fc1cccc(CC(Br)C2CCCOC2)c1F. The summed E-state index contributed by atoms with van der Waals surface area (Å²) >= 11 is 3.57. The molecule has 0 bridgehead atoms. The molecule has 2 rings (SSSR count). The van der Waals surface area contributed by atoms with Crippen LogP contribution in [0.25, 0.3) is 0 Å². The van der Waals surface area contributed by atoms with Gasteiger partial charge in [0.15, 0.2) is 11.6 Å². The summed E-state index contributed by atoms with van der Waals surface area (Å²) in [6.45, 7) is 1.51. The minimum absolute atomic E-state index is 0.138. The minimum atomic E-state index is -0.776. The van der Waals surface area contributed by atoms with E-state index in [1.165, 1.54) is 0 Å². The molecule has 2 unspecified atom stereocenters. The molecule has 0 radical (unpaired) electrons. The summed E-state index contributed by atoms with van der Waals surface area (Å²) in [5, 5.41) is 0. The Morgan fingerprint density at radius 1 is 1.41 bits per heavy atom. The Balaban J connectivity index is 2.01. The average molecular weight is 305 g/mol. The van der Waals surface area contributed by atoms with E-state index in [-0.39, 0.29) is 4.83 Å². The Bertz CT molecular complexity index is 378. The predicted molar refractivity (Wildman–Crippen MR) is 66.3 cm³/mol. The van der Waals surface area contributed by atoms with E-state index in [2.05, 4.69) is 15.9 Å². The molecule has 2 atom stereocenters. The molecule has 1 aromatic carbocycles. The van der Waals surface area contributed by atoms with Crippen LogP contribution in [0.5, 0.6) is 0 Å². The number of rotatable bonds is 3. The second kappa shape index (κ2) is 5.91. The van der Waals surface area contributed by atoms with Crippen molar-refractivity contribution in [2.45, 2.75) is 24.1 Å². The zero-order valence-electron chi connectivity index (χ0n) is 9.46. The van der Waals surface area contributed by atoms with Gasteiger partial charge in [-0.3, -0.25) is 0 Å². The number of ether oxygens (including phenoxy) is 1. The highest BCUT2D eigenvalue weighted by atomic mass is 79.9. The van der Waals surface area contributed by atoms with Gasteiger partial charge in [-0.25, -0.2) is 8.78 Å². The van der Waals surface area contributed by atoms with E-state index in [9.17, 15) is 8.78 Å². The molecule has 0 aliphatic carbocycles. The van der Waals surface area contributed by atoms with Crippen LogP contribution in [0, 0.1) is 17.6 Å². The van der Waals surface area contributed by atoms with E-state index in [1.54, 1.807) is 12.1 Å². The second-order valence-electron chi connectivity index (χ2n) is 4.41. The molecule has 4 heteroatoms. The molecule has 94 valence electrons. The number of hydrogen-bond donors (Lipinski definition) is 0. The third-order valence-corrected chi connectivity index (χ3v) is 4.22. The molecular formula is C13H15BrF2O. The van der Waals surface area contributed by atoms with Gasteiger partial charge in [0.25, 0.3) is 0 Å². The van der Waals surface area contributed by atoms with E-state index in [1.807, 2.05) is 0 Å². The first kappa shape index (κ1) is 13.0. The first-order chi connectivity index (χ1) is 8.18. The summed E-state index contributed by atoms with van der Waals surface area (Å²) in [6, 6.07) is 4.33. The summed E-state index contributed by atoms with van der Waals surface area (Å²) in [5.41, 5.74) is 0.428. The van der Waals surface area contributed by atoms with Crippen LogP contribution in [0.2, 0.25) is 0 Å². The molecule has 1 aliphatic rings. The second-order valence-corrected chi connectivity index (χ2v) is 5.59. The van der Waals surface area contributed by atoms with E-state index in [0.717, 1.165) is 25.5 Å². The molecular weight excluding hydrogens is 290 g/mol. The third kappa shape index (κ3) is 3.26. The van der Waals surface area contributed by atoms with E-state index < -0.39 is 11.6 Å². The molecule has 1 heterocycles. The molecule has 0 N–H and O–H groups in total. The number of benzene rings is 1. The molecule has 17 heavy (non-hydrogen) atoms. The lowest BCUT2D eigenvalue weighted by Crippen LogP contribution is -2.27. The Hall–Kier alpha value is -0.480. The lowest BCUT2D eigenvalue weighted by atomic mass is 9.94. The Morgan fingerprint density at radius 2 is 2.24 bits per heavy atom. The monoisotopic (exact) mass is 304 g/mol. The Kier molecular flexibility index (Phi) is 4.51. The van der Waals surface area contributed by atoms with Crippen molar-refractivity contribution in [2.24, 2.45) is 5.92 Å². The number of halogens is 3. The topological polar surface area (TPSA) is 9.23 Å². The van der Waals surface area contributed by atoms with Crippen molar-refractivity contribution >= 4 is 15.9 Å². The summed E-state index contributed by atoms with van der Waals surface area (Å²) in [4.78, 5) is 0.138. The van der Waals surface area contributed by atoms with Crippen molar-refractivity contribution in [1.29, 1.82) is 0 Å². The van der Waals surface area contributed by atoms with Gasteiger partial charge in [-0.1, -0.05) is 28.1 Å². The van der Waals surface area contributed by atoms with Gasteiger partial charge in [-0.05, 0) is 36.8 Å². The molecule has 1 saturated heterocycles. The fraction of sp³-hybridized carbons (Fsp3) is 0.538. The summed E-state index contributed by atoms with van der Waals surface area (Å²) in [5.74, 6) is -1.12. The van der Waals surface area contributed by atoms with Crippen LogP contribution in [-0.2, 0) is 11.2 Å². The fourth-order valence-electron chi connectivity index (χ4n) is 2.13. The number of hydrogen-bond acceptors (Lipinski definition) is 1. The van der Waals surface area contributed by atoms with Gasteiger partial charge in [0.1, 0.15) is 0 Å². The van der Waals surface area contributed by atoms with Crippen LogP contribution in [0.1, 0.15) is 18.4 Å². The van der Waals surface area contributed by atoms with E-state index in [0.29, 0.717) is 24.5 Å². The average Bonchev–Trinajstić information content (AvgIpc) is 2.36. The van der Waals surface area contributed by atoms with Gasteiger partial charge < -0.3 is 4.74 Å². The van der Waals surface area contributed by atoms with Crippen molar-refractivity contribution in [3.8, 4) is 0 Å². The highest BCUT2D eigenvalue weighted by Crippen LogP contribution is 2.27. The quantitative estimate of drug-likeness (QED) is 0.774. The van der Waals surface area contributed by atoms with Gasteiger partial charge in [0, 0.05) is 11.4 Å². The van der Waals surface area contributed by atoms with Crippen molar-refractivity contribution in [1.82, 2.24) is 0 Å². The molecule has 0 amide bonds. The standard InChI is InChI=1S/C13H15BrF2O/c14-11(10-4-2-6-17-8-10)7-9-3-1-5-12(15)13(9)16/h1,3,5,10-11H,2,4,6-8H2. The lowest BCUT2D eigenvalue weighted by Gasteiger charge is -2.26. The molecule has 1 aromatic rings. The van der Waals surface area contributed by atoms with Gasteiger partial charge in [-0.15, -0.1) is 0 Å². The molecule has 1 nitrogen and oxygen atoms in total. The van der Waals surface area contributed by atoms with Crippen LogP contribution in [-0.4, -0.2) is 18.0 Å². The van der Waals surface area contributed by atoms with Crippen molar-refractivity contribution in [3.63, 3.8) is 0 Å². The zero-order chi connectivity index (χ0) is 12.3. The third-order valence-electron chi connectivity index (χ3n) is 3.15. The predicted octanol–water partition coefficient (Wildman–Crippen LogP) is 3.70. The maximum atomic E-state index is 13.5. The van der Waals surface area contributed by atoms with Crippen LogP contribution in [0.4, 0.5) is 8.78 Å². The van der Waals surface area contributed by atoms with Crippen molar-refractivity contribution < 1.29 is 13.5 Å². The molecule has 0 aromatic heterocycles. The molecule has 1 fully saturated rings. The van der Waals surface area contributed by atoms with E-state index in [4.69, 9.17) is 4.74 Å². The van der Waals surface area contributed by atoms with Gasteiger partial charge in [-0.2, -0.15) is 0 Å². The first-order valence-corrected chi connectivity index (χ1v) is 6.74. The zero-order valence-corrected chi connectivity index (χ0v) is 11.1. The van der Waals surface area contributed by atoms with Crippen LogP contribution < -0.4 is 0 Å². The normalized spacial score (nSPS) is 22.4. The smallest absolute Gasteiger partial charge is 0.162 e. The Labute approximate surface area is 108 Å². The van der Waals surface area contributed by atoms with Crippen molar-refractivity contribution in [3.05, 3.63) is 35.4 Å². The van der Waals surface area contributed by atoms with Gasteiger partial charge in [0.2, 0.25) is 0 Å². The van der Waals surface area contributed by atoms with Gasteiger partial charge in [0.05, 0.1) is 6.61 Å². The molecule has 0 spiro atoms. The van der Waals surface area contributed by atoms with Crippen LogP contribution in [0.15, 0.2) is 18.2 Å². The van der Waals surface area contributed by atoms with Crippen molar-refractivity contribution in [2.75, 3.05) is 13.2 Å². The summed E-state index contributed by atoms with van der Waals surface area (Å²) in [6.07, 6.45) is 2.61. The lowest BCUT2D eigenvalue weighted by molar-refractivity contribution is 0.0546. The molecule has 1 aliphatic heterocycles. The largest absolute Gasteiger partial charge is 0.381 e. The van der Waals surface area contributed by atoms with Crippen LogP contribution >= 0.6 is 15.9 Å². The maximum Gasteiger partial charge on any atom is 0.162 e. The van der Waals surface area contributed by atoms with E-state index >= 15 is 0 Å². The minimum Gasteiger partial charge on any atom is -0.381 e. The van der Waals surface area contributed by atoms with Crippen LogP contribution in [0.3, 0.4) is 0 Å². The first-order valence-electron chi connectivity index (χ1n) is 5.83. The highest BCUT2D eigenvalue weighted by Gasteiger charge is 2.23. The summed E-state index contributed by atoms with van der Waals surface area (Å²) in [7, 11) is 0. The fourth-order valence-corrected chi connectivity index (χ4v) is 2.90. The van der Waals surface area contributed by atoms with Gasteiger partial charge >= 0.3 is 0 Å². The highest BCUT2D eigenvalue weighted by molar-refractivity contribution is 9.09. The Morgan fingerprint density at radius 3 is 2.94 bits per heavy atom. The summed E-state index contributed by atoms with van der Waals surface area (Å²) < 4.78 is 32.0. The maximum absolute atomic E-state index is 13.5. The molecule has 0 saturated carbocycles.